The fourth-order valence-electron chi connectivity index (χ4n) is 1.44. The van der Waals surface area contributed by atoms with Crippen LogP contribution in [0, 0.1) is 0 Å². The summed E-state index contributed by atoms with van der Waals surface area (Å²) in [5.74, 6) is 0.440. The zero-order valence-electron chi connectivity index (χ0n) is 10.1. The summed E-state index contributed by atoms with van der Waals surface area (Å²) in [5, 5.41) is 2.77. The standard InChI is InChI=1S/C11H13N5O2/c1-12-10-13-6-8(9(17)16-10)3-7-4-14-11(18-2)15-5-7/h4-6H,3H2,1-2H3,(H2,12,13,16,17). The van der Waals surface area contributed by atoms with E-state index in [4.69, 9.17) is 4.74 Å². The fraction of sp³-hybridized carbons (Fsp3) is 0.273. The molecule has 0 saturated carbocycles. The zero-order valence-corrected chi connectivity index (χ0v) is 10.1. The van der Waals surface area contributed by atoms with Crippen molar-refractivity contribution in [3.8, 4) is 6.01 Å². The van der Waals surface area contributed by atoms with Crippen LogP contribution >= 0.6 is 0 Å². The highest BCUT2D eigenvalue weighted by molar-refractivity contribution is 5.26. The molecule has 7 nitrogen and oxygen atoms in total. The first-order chi connectivity index (χ1) is 8.72. The van der Waals surface area contributed by atoms with Gasteiger partial charge in [0.15, 0.2) is 0 Å². The Labute approximate surface area is 103 Å². The topological polar surface area (TPSA) is 92.8 Å². The minimum absolute atomic E-state index is 0.270. The second-order valence-electron chi connectivity index (χ2n) is 3.58. The van der Waals surface area contributed by atoms with E-state index in [9.17, 15) is 4.79 Å². The summed E-state index contributed by atoms with van der Waals surface area (Å²) in [6, 6.07) is 0.302. The van der Waals surface area contributed by atoms with Gasteiger partial charge in [-0.2, -0.15) is 4.98 Å². The van der Waals surface area contributed by atoms with E-state index < -0.39 is 0 Å². The van der Waals surface area contributed by atoms with Crippen molar-refractivity contribution >= 4 is 5.95 Å². The van der Waals surface area contributed by atoms with Crippen LogP contribution in [0.2, 0.25) is 0 Å². The first-order valence-electron chi connectivity index (χ1n) is 5.34. The van der Waals surface area contributed by atoms with Crippen molar-refractivity contribution in [2.75, 3.05) is 19.5 Å². The van der Waals surface area contributed by atoms with Gasteiger partial charge in [-0.25, -0.2) is 9.97 Å². The molecule has 0 aromatic carbocycles. The van der Waals surface area contributed by atoms with Gasteiger partial charge in [-0.05, 0) is 5.56 Å². The summed E-state index contributed by atoms with van der Waals surface area (Å²) >= 11 is 0. The van der Waals surface area contributed by atoms with E-state index in [2.05, 4.69) is 25.3 Å². The van der Waals surface area contributed by atoms with Crippen molar-refractivity contribution < 1.29 is 4.74 Å². The third-order valence-corrected chi connectivity index (χ3v) is 2.37. The molecule has 0 spiro atoms. The predicted molar refractivity (Wildman–Crippen MR) is 65.8 cm³/mol. The Hall–Kier alpha value is -2.44. The van der Waals surface area contributed by atoms with Crippen molar-refractivity contribution in [1.29, 1.82) is 0 Å². The summed E-state index contributed by atoms with van der Waals surface area (Å²) < 4.78 is 4.86. The minimum atomic E-state index is -0.270. The lowest BCUT2D eigenvalue weighted by Gasteiger charge is -2.03. The molecule has 2 aromatic heterocycles. The second-order valence-corrected chi connectivity index (χ2v) is 3.58. The molecule has 0 bridgehead atoms. The molecule has 0 aliphatic heterocycles. The summed E-state index contributed by atoms with van der Waals surface area (Å²) in [5.41, 5.74) is 1.11. The fourth-order valence-corrected chi connectivity index (χ4v) is 1.44. The lowest BCUT2D eigenvalue weighted by atomic mass is 10.1. The number of hydrogen-bond acceptors (Lipinski definition) is 6. The van der Waals surface area contributed by atoms with Gasteiger partial charge in [0.05, 0.1) is 7.11 Å². The van der Waals surface area contributed by atoms with Crippen LogP contribution in [0.3, 0.4) is 0 Å². The number of H-pyrrole nitrogens is 1. The lowest BCUT2D eigenvalue weighted by Crippen LogP contribution is -2.16. The highest BCUT2D eigenvalue weighted by Crippen LogP contribution is 2.06. The molecule has 0 amide bonds. The van der Waals surface area contributed by atoms with Gasteiger partial charge in [0.1, 0.15) is 0 Å². The third-order valence-electron chi connectivity index (χ3n) is 2.37. The molecule has 0 radical (unpaired) electrons. The van der Waals surface area contributed by atoms with Crippen LogP contribution in [-0.2, 0) is 6.42 Å². The van der Waals surface area contributed by atoms with Gasteiger partial charge in [-0.3, -0.25) is 4.79 Å². The van der Waals surface area contributed by atoms with Crippen molar-refractivity contribution in [2.45, 2.75) is 6.42 Å². The number of aromatic nitrogens is 4. The molecule has 0 atom stereocenters. The summed E-state index contributed by atoms with van der Waals surface area (Å²) in [4.78, 5) is 26.4. The average Bonchev–Trinajstić information content (AvgIpc) is 2.42. The number of nitrogens with one attached hydrogen (secondary N) is 2. The average molecular weight is 247 g/mol. The van der Waals surface area contributed by atoms with Gasteiger partial charge >= 0.3 is 6.01 Å². The Balaban J connectivity index is 2.20. The molecule has 94 valence electrons. The molecule has 2 heterocycles. The van der Waals surface area contributed by atoms with Crippen LogP contribution in [0.15, 0.2) is 23.4 Å². The Bertz CT molecular complexity index is 579. The monoisotopic (exact) mass is 247 g/mol. The quantitative estimate of drug-likeness (QED) is 0.801. The van der Waals surface area contributed by atoms with Gasteiger partial charge in [-0.1, -0.05) is 0 Å². The van der Waals surface area contributed by atoms with Gasteiger partial charge in [0.25, 0.3) is 5.56 Å². The maximum absolute atomic E-state index is 11.7. The molecule has 2 aromatic rings. The third kappa shape index (κ3) is 2.62. The molecule has 0 unspecified atom stereocenters. The molecular weight excluding hydrogens is 234 g/mol. The first-order valence-corrected chi connectivity index (χ1v) is 5.34. The smallest absolute Gasteiger partial charge is 0.316 e. The molecule has 7 heteroatoms. The minimum Gasteiger partial charge on any atom is -0.467 e. The van der Waals surface area contributed by atoms with Crippen LogP contribution in [-0.4, -0.2) is 34.1 Å². The first kappa shape index (κ1) is 12.0. The number of nitrogens with zero attached hydrogens (tertiary/aromatic N) is 3. The van der Waals surface area contributed by atoms with E-state index in [0.717, 1.165) is 5.56 Å². The van der Waals surface area contributed by atoms with Crippen LogP contribution in [0.1, 0.15) is 11.1 Å². The molecule has 0 fully saturated rings. The zero-order chi connectivity index (χ0) is 13.0. The normalized spacial score (nSPS) is 10.1. The largest absolute Gasteiger partial charge is 0.467 e. The van der Waals surface area contributed by atoms with Gasteiger partial charge < -0.3 is 15.0 Å². The molecule has 2 rings (SSSR count). The van der Waals surface area contributed by atoms with Gasteiger partial charge in [0.2, 0.25) is 5.95 Å². The summed E-state index contributed by atoms with van der Waals surface area (Å²) in [6.07, 6.45) is 5.30. The highest BCUT2D eigenvalue weighted by atomic mass is 16.5. The number of methoxy groups -OCH3 is 1. The molecule has 18 heavy (non-hydrogen) atoms. The number of aromatic amines is 1. The lowest BCUT2D eigenvalue weighted by molar-refractivity contribution is 0.379. The molecule has 0 aliphatic rings. The maximum atomic E-state index is 11.7. The molecule has 2 N–H and O–H groups in total. The second kappa shape index (κ2) is 5.26. The van der Waals surface area contributed by atoms with E-state index in [-0.39, 0.29) is 5.56 Å². The predicted octanol–water partition coefficient (Wildman–Crippen LogP) is 0.201. The maximum Gasteiger partial charge on any atom is 0.316 e. The van der Waals surface area contributed by atoms with Crippen LogP contribution in [0.25, 0.3) is 0 Å². The molecular formula is C11H13N5O2. The SMILES string of the molecule is CNc1nc(=O)c(Cc2cnc(OC)nc2)c[nH]1. The molecule has 0 saturated heterocycles. The van der Waals surface area contributed by atoms with E-state index in [0.29, 0.717) is 23.9 Å². The van der Waals surface area contributed by atoms with E-state index in [1.165, 1.54) is 7.11 Å². The number of rotatable bonds is 4. The Kier molecular flexibility index (Phi) is 3.52. The van der Waals surface area contributed by atoms with Crippen LogP contribution < -0.4 is 15.6 Å². The van der Waals surface area contributed by atoms with E-state index >= 15 is 0 Å². The van der Waals surface area contributed by atoms with Gasteiger partial charge in [0, 0.05) is 37.6 Å². The summed E-state index contributed by atoms with van der Waals surface area (Å²) in [7, 11) is 3.19. The highest BCUT2D eigenvalue weighted by Gasteiger charge is 2.05. The van der Waals surface area contributed by atoms with Crippen molar-refractivity contribution in [1.82, 2.24) is 19.9 Å². The van der Waals surface area contributed by atoms with E-state index in [1.54, 1.807) is 25.6 Å². The van der Waals surface area contributed by atoms with Crippen LogP contribution in [0.4, 0.5) is 5.95 Å². The summed E-state index contributed by atoms with van der Waals surface area (Å²) in [6.45, 7) is 0. The van der Waals surface area contributed by atoms with Crippen molar-refractivity contribution in [2.24, 2.45) is 0 Å². The number of hydrogen-bond donors (Lipinski definition) is 2. The van der Waals surface area contributed by atoms with Crippen LogP contribution in [0.5, 0.6) is 6.01 Å². The Morgan fingerprint density at radius 1 is 1.39 bits per heavy atom. The Morgan fingerprint density at radius 2 is 2.11 bits per heavy atom. The van der Waals surface area contributed by atoms with Gasteiger partial charge in [-0.15, -0.1) is 0 Å². The van der Waals surface area contributed by atoms with E-state index in [1.807, 2.05) is 0 Å². The number of anilines is 1. The Morgan fingerprint density at radius 3 is 2.67 bits per heavy atom. The number of ether oxygens (including phenoxy) is 1. The van der Waals surface area contributed by atoms with Crippen molar-refractivity contribution in [3.63, 3.8) is 0 Å². The van der Waals surface area contributed by atoms with Crippen molar-refractivity contribution in [3.05, 3.63) is 40.1 Å². The molecule has 0 aliphatic carbocycles.